The summed E-state index contributed by atoms with van der Waals surface area (Å²) < 4.78 is 5.19. The minimum absolute atomic E-state index is 0.137. The van der Waals surface area contributed by atoms with Gasteiger partial charge in [-0.3, -0.25) is 4.79 Å². The number of rotatable bonds is 8. The summed E-state index contributed by atoms with van der Waals surface area (Å²) >= 11 is 5.70. The second-order valence-electron chi connectivity index (χ2n) is 8.19. The van der Waals surface area contributed by atoms with Crippen molar-refractivity contribution in [2.45, 2.75) is 32.9 Å². The molecule has 2 aromatic heterocycles. The number of methoxy groups -OCH3 is 1. The molecule has 0 aliphatic carbocycles. The van der Waals surface area contributed by atoms with Crippen molar-refractivity contribution >= 4 is 44.9 Å². The molecular weight excluding hydrogens is 432 g/mol. The summed E-state index contributed by atoms with van der Waals surface area (Å²) in [4.78, 5) is 21.3. The summed E-state index contributed by atoms with van der Waals surface area (Å²) in [5.41, 5.74) is 3.68. The maximum Gasteiger partial charge on any atom is 0.251 e. The second-order valence-corrected chi connectivity index (χ2v) is 8.63. The van der Waals surface area contributed by atoms with E-state index in [1.807, 2.05) is 48.5 Å². The molecule has 170 valence electrons. The summed E-state index contributed by atoms with van der Waals surface area (Å²) in [7, 11) is 1.59. The Labute approximate surface area is 198 Å². The molecule has 0 saturated carbocycles. The third-order valence-corrected chi connectivity index (χ3v) is 6.42. The highest BCUT2D eigenvalue weighted by molar-refractivity contribution is 7.80. The van der Waals surface area contributed by atoms with Crippen molar-refractivity contribution in [2.24, 2.45) is 5.92 Å². The monoisotopic (exact) mass is 460 g/mol. The van der Waals surface area contributed by atoms with Gasteiger partial charge in [-0.05, 0) is 41.8 Å². The Morgan fingerprint density at radius 1 is 1.12 bits per heavy atom. The molecular formula is C26H28N4O2S. The van der Waals surface area contributed by atoms with Crippen molar-refractivity contribution in [3.8, 4) is 5.88 Å². The van der Waals surface area contributed by atoms with Crippen molar-refractivity contribution in [1.29, 1.82) is 0 Å². The first-order chi connectivity index (χ1) is 16.0. The average molecular weight is 461 g/mol. The zero-order chi connectivity index (χ0) is 23.4. The molecule has 3 N–H and O–H groups in total. The number of hydrogen-bond donors (Lipinski definition) is 3. The van der Waals surface area contributed by atoms with Gasteiger partial charge >= 0.3 is 0 Å². The topological polar surface area (TPSA) is 79.0 Å². The van der Waals surface area contributed by atoms with Gasteiger partial charge in [0.1, 0.15) is 0 Å². The fraction of sp³-hybridized carbons (Fsp3) is 0.269. The minimum Gasteiger partial charge on any atom is -0.481 e. The number of pyridine rings is 1. The van der Waals surface area contributed by atoms with E-state index in [2.05, 4.69) is 40.5 Å². The lowest BCUT2D eigenvalue weighted by molar-refractivity contribution is 0.0938. The maximum absolute atomic E-state index is 13.2. The smallest absolute Gasteiger partial charge is 0.251 e. The Bertz CT molecular complexity index is 1300. The van der Waals surface area contributed by atoms with Crippen LogP contribution in [0.15, 0.2) is 60.8 Å². The number of amides is 1. The van der Waals surface area contributed by atoms with Crippen LogP contribution < -0.4 is 15.4 Å². The third kappa shape index (κ3) is 4.98. The molecule has 2 atom stereocenters. The maximum atomic E-state index is 13.2. The zero-order valence-corrected chi connectivity index (χ0v) is 19.8. The number of thiocarbonyl (C=S) groups is 1. The highest BCUT2D eigenvalue weighted by Crippen LogP contribution is 2.26. The molecule has 7 heteroatoms. The fourth-order valence-electron chi connectivity index (χ4n) is 3.89. The second kappa shape index (κ2) is 10.0. The highest BCUT2D eigenvalue weighted by Gasteiger charge is 2.23. The van der Waals surface area contributed by atoms with Gasteiger partial charge in [0.05, 0.1) is 18.1 Å². The molecule has 1 unspecified atom stereocenters. The summed E-state index contributed by atoms with van der Waals surface area (Å²) in [6.45, 7) is 4.72. The van der Waals surface area contributed by atoms with E-state index in [9.17, 15) is 4.79 Å². The lowest BCUT2D eigenvalue weighted by atomic mass is 9.98. The summed E-state index contributed by atoms with van der Waals surface area (Å²) in [5.74, 6) is 0.597. The Morgan fingerprint density at radius 3 is 2.70 bits per heavy atom. The number of hydrogen-bond acceptors (Lipinski definition) is 4. The van der Waals surface area contributed by atoms with Crippen LogP contribution in [0.5, 0.6) is 5.88 Å². The van der Waals surface area contributed by atoms with Crippen LogP contribution in [0.3, 0.4) is 0 Å². The van der Waals surface area contributed by atoms with Gasteiger partial charge in [-0.15, -0.1) is 0 Å². The number of benzene rings is 2. The number of nitrogens with zero attached hydrogens (tertiary/aromatic N) is 1. The molecule has 0 saturated heterocycles. The van der Waals surface area contributed by atoms with E-state index in [0.29, 0.717) is 23.0 Å². The Hall–Kier alpha value is -3.45. The number of H-pyrrole nitrogens is 1. The molecule has 4 rings (SSSR count). The van der Waals surface area contributed by atoms with Gasteiger partial charge in [-0.25, -0.2) is 4.98 Å². The number of fused-ring (bicyclic) bond motifs is 3. The first-order valence-electron chi connectivity index (χ1n) is 11.1. The number of carbonyl (C=O) groups excluding carboxylic acids is 1. The molecule has 0 aliphatic heterocycles. The minimum atomic E-state index is -0.278. The van der Waals surface area contributed by atoms with E-state index in [-0.39, 0.29) is 17.9 Å². The van der Waals surface area contributed by atoms with E-state index in [4.69, 9.17) is 17.0 Å². The van der Waals surface area contributed by atoms with Crippen LogP contribution in [0.2, 0.25) is 0 Å². The summed E-state index contributed by atoms with van der Waals surface area (Å²) in [6.07, 6.45) is 2.59. The molecule has 2 heterocycles. The normalized spacial score (nSPS) is 12.9. The number of carbonyl (C=O) groups is 1. The van der Waals surface area contributed by atoms with Crippen molar-refractivity contribution in [2.75, 3.05) is 7.11 Å². The molecule has 1 amide bonds. The molecule has 0 radical (unpaired) electrons. The van der Waals surface area contributed by atoms with Gasteiger partial charge in [-0.2, -0.15) is 0 Å². The first kappa shape index (κ1) is 22.7. The van der Waals surface area contributed by atoms with E-state index in [0.717, 1.165) is 33.8 Å². The molecule has 0 bridgehead atoms. The molecule has 4 aromatic rings. The van der Waals surface area contributed by atoms with Crippen LogP contribution in [0.4, 0.5) is 0 Å². The van der Waals surface area contributed by atoms with Gasteiger partial charge in [0.2, 0.25) is 5.88 Å². The fourth-order valence-corrected chi connectivity index (χ4v) is 4.25. The Balaban J connectivity index is 1.51. The Morgan fingerprint density at radius 2 is 1.91 bits per heavy atom. The van der Waals surface area contributed by atoms with Crippen LogP contribution in [0.1, 0.15) is 36.2 Å². The average Bonchev–Trinajstić information content (AvgIpc) is 3.23. The molecule has 2 aromatic carbocycles. The zero-order valence-electron chi connectivity index (χ0n) is 19.0. The van der Waals surface area contributed by atoms with Gasteiger partial charge in [-0.1, -0.05) is 50.7 Å². The molecule has 6 nitrogen and oxygen atoms in total. The lowest BCUT2D eigenvalue weighted by Crippen LogP contribution is -2.49. The predicted octanol–water partition coefficient (Wildman–Crippen LogP) is 4.99. The number of para-hydroxylation sites is 1. The quantitative estimate of drug-likeness (QED) is 0.323. The first-order valence-corrected chi connectivity index (χ1v) is 11.5. The van der Waals surface area contributed by atoms with Crippen molar-refractivity contribution in [3.05, 3.63) is 71.9 Å². The molecule has 0 fully saturated rings. The SMILES string of the molecule is CCC(C)[C@H](NC(=O)c1ccc2[nH]c3ccccc3c2c1)C(=S)NCc1ccnc(OC)c1. The lowest BCUT2D eigenvalue weighted by Gasteiger charge is -2.26. The summed E-state index contributed by atoms with van der Waals surface area (Å²) in [6, 6.07) is 17.3. The highest BCUT2D eigenvalue weighted by atomic mass is 32.1. The van der Waals surface area contributed by atoms with Crippen LogP contribution in [0.25, 0.3) is 21.8 Å². The molecule has 0 spiro atoms. The number of aromatic nitrogens is 2. The standard InChI is InChI=1S/C26H28N4O2S/c1-4-16(2)24(26(33)28-15-17-11-12-27-23(13-17)32-3)30-25(31)18-9-10-22-20(14-18)19-7-5-6-8-21(19)29-22/h5-14,16,24,29H,4,15H2,1-3H3,(H,28,33)(H,30,31)/t16?,24-/m0/s1. The van der Waals surface area contributed by atoms with Crippen LogP contribution in [0, 0.1) is 5.92 Å². The third-order valence-electron chi connectivity index (χ3n) is 6.03. The van der Waals surface area contributed by atoms with Gasteiger partial charge < -0.3 is 20.4 Å². The summed E-state index contributed by atoms with van der Waals surface area (Å²) in [5, 5.41) is 8.59. The number of ether oxygens (including phenoxy) is 1. The van der Waals surface area contributed by atoms with E-state index in [1.54, 1.807) is 13.3 Å². The van der Waals surface area contributed by atoms with E-state index in [1.165, 1.54) is 0 Å². The van der Waals surface area contributed by atoms with Crippen LogP contribution in [-0.4, -0.2) is 34.0 Å². The van der Waals surface area contributed by atoms with Crippen LogP contribution in [-0.2, 0) is 6.54 Å². The number of nitrogens with one attached hydrogen (secondary N) is 3. The van der Waals surface area contributed by atoms with Gasteiger partial charge in [0, 0.05) is 46.2 Å². The van der Waals surface area contributed by atoms with Crippen molar-refractivity contribution < 1.29 is 9.53 Å². The Kier molecular flexibility index (Phi) is 6.89. The molecule has 33 heavy (non-hydrogen) atoms. The largest absolute Gasteiger partial charge is 0.481 e. The van der Waals surface area contributed by atoms with E-state index >= 15 is 0 Å². The van der Waals surface area contributed by atoms with Gasteiger partial charge in [0.25, 0.3) is 5.91 Å². The van der Waals surface area contributed by atoms with Crippen molar-refractivity contribution in [3.63, 3.8) is 0 Å². The van der Waals surface area contributed by atoms with Crippen LogP contribution >= 0.6 is 12.2 Å². The van der Waals surface area contributed by atoms with Gasteiger partial charge in [0.15, 0.2) is 0 Å². The van der Waals surface area contributed by atoms with Crippen molar-refractivity contribution in [1.82, 2.24) is 20.6 Å². The number of aromatic amines is 1. The molecule has 0 aliphatic rings. The predicted molar refractivity (Wildman–Crippen MR) is 137 cm³/mol. The van der Waals surface area contributed by atoms with E-state index < -0.39 is 0 Å².